The number of nitrogens with zero attached hydrogens (tertiary/aromatic N) is 2. The summed E-state index contributed by atoms with van der Waals surface area (Å²) in [4.78, 5) is 29.9. The van der Waals surface area contributed by atoms with Crippen LogP contribution in [0.15, 0.2) is 36.0 Å². The number of hydrogen-bond donors (Lipinski definition) is 3. The summed E-state index contributed by atoms with van der Waals surface area (Å²) in [7, 11) is 0. The Morgan fingerprint density at radius 3 is 2.55 bits per heavy atom. The van der Waals surface area contributed by atoms with Crippen LogP contribution in [0.5, 0.6) is 0 Å². The first-order chi connectivity index (χ1) is 14.5. The highest BCUT2D eigenvalue weighted by atomic mass is 19.4. The van der Waals surface area contributed by atoms with Gasteiger partial charge in [-0.2, -0.15) is 17.6 Å². The van der Waals surface area contributed by atoms with E-state index in [0.29, 0.717) is 0 Å². The van der Waals surface area contributed by atoms with Crippen LogP contribution in [-0.4, -0.2) is 29.6 Å². The Morgan fingerprint density at radius 1 is 1.32 bits per heavy atom. The lowest BCUT2D eigenvalue weighted by atomic mass is 10.0. The molecule has 162 valence electrons. The van der Waals surface area contributed by atoms with Crippen molar-refractivity contribution in [3.63, 3.8) is 0 Å². The van der Waals surface area contributed by atoms with Gasteiger partial charge in [0.15, 0.2) is 0 Å². The van der Waals surface area contributed by atoms with Crippen LogP contribution in [0.1, 0.15) is 23.2 Å². The molecule has 31 heavy (non-hydrogen) atoms. The number of nitrogens with two attached hydrogens (primary N) is 1. The third-order valence-corrected chi connectivity index (χ3v) is 4.57. The molecule has 7 nitrogen and oxygen atoms in total. The largest absolute Gasteiger partial charge is 0.416 e. The molecule has 2 aromatic rings. The van der Waals surface area contributed by atoms with Crippen molar-refractivity contribution in [1.29, 1.82) is 5.41 Å². The lowest BCUT2D eigenvalue weighted by molar-refractivity contribution is -0.137. The second-order valence-electron chi connectivity index (χ2n) is 6.81. The molecule has 1 aliphatic heterocycles. The summed E-state index contributed by atoms with van der Waals surface area (Å²) in [6.07, 6.45) is -4.06. The first kappa shape index (κ1) is 21.9. The van der Waals surface area contributed by atoms with Gasteiger partial charge in [-0.25, -0.2) is 4.98 Å². The van der Waals surface area contributed by atoms with Gasteiger partial charge in [-0.15, -0.1) is 0 Å². The fourth-order valence-corrected chi connectivity index (χ4v) is 3.15. The standard InChI is InChI=1S/C20H17F4N5O2/c1-10-6-15-18(19(21)27-10)13(8-25)14(26)7-17(31)29(15)9-16(30)28-12-4-2-11(3-5-12)20(22,23)24/h2-6,8,25H,7,9,26H2,1H3,(H,28,30). The Bertz CT molecular complexity index is 1090. The molecule has 1 aromatic heterocycles. The number of halogens is 4. The second kappa shape index (κ2) is 8.17. The van der Waals surface area contributed by atoms with Crippen LogP contribution in [-0.2, 0) is 15.8 Å². The number of alkyl halides is 3. The lowest BCUT2D eigenvalue weighted by Crippen LogP contribution is -2.38. The van der Waals surface area contributed by atoms with Crippen molar-refractivity contribution in [2.75, 3.05) is 16.8 Å². The molecule has 0 saturated carbocycles. The normalized spacial score (nSPS) is 14.2. The number of aryl methyl sites for hydroxylation is 1. The van der Waals surface area contributed by atoms with Gasteiger partial charge in [0.05, 0.1) is 23.2 Å². The molecule has 0 spiro atoms. The molecular formula is C20H17F4N5O2. The Morgan fingerprint density at radius 2 is 1.97 bits per heavy atom. The number of allylic oxidation sites excluding steroid dienone is 1. The number of carbonyl (C=O) groups is 2. The predicted molar refractivity (Wildman–Crippen MR) is 106 cm³/mol. The minimum atomic E-state index is -4.51. The van der Waals surface area contributed by atoms with Crippen LogP contribution in [0.2, 0.25) is 0 Å². The minimum absolute atomic E-state index is 0.0148. The predicted octanol–water partition coefficient (Wildman–Crippen LogP) is 3.24. The summed E-state index contributed by atoms with van der Waals surface area (Å²) in [5.41, 5.74) is 5.11. The molecule has 2 heterocycles. The number of aromatic nitrogens is 1. The number of anilines is 2. The molecule has 1 aliphatic rings. The monoisotopic (exact) mass is 435 g/mol. The molecule has 0 fully saturated rings. The molecule has 11 heteroatoms. The maximum absolute atomic E-state index is 14.6. The van der Waals surface area contributed by atoms with Crippen molar-refractivity contribution in [3.05, 3.63) is 58.8 Å². The summed E-state index contributed by atoms with van der Waals surface area (Å²) < 4.78 is 52.6. The second-order valence-corrected chi connectivity index (χ2v) is 6.81. The number of fused-ring (bicyclic) bond motifs is 1. The van der Waals surface area contributed by atoms with E-state index in [2.05, 4.69) is 10.3 Å². The van der Waals surface area contributed by atoms with E-state index in [1.807, 2.05) is 0 Å². The van der Waals surface area contributed by atoms with Crippen LogP contribution in [0.4, 0.5) is 28.9 Å². The molecule has 0 radical (unpaired) electrons. The molecule has 3 rings (SSSR count). The van der Waals surface area contributed by atoms with Gasteiger partial charge in [0.1, 0.15) is 6.54 Å². The molecular weight excluding hydrogens is 418 g/mol. The number of benzene rings is 1. The zero-order chi connectivity index (χ0) is 22.9. The number of carbonyl (C=O) groups excluding carboxylic acids is 2. The van der Waals surface area contributed by atoms with Gasteiger partial charge in [-0.3, -0.25) is 9.59 Å². The van der Waals surface area contributed by atoms with E-state index >= 15 is 0 Å². The maximum Gasteiger partial charge on any atom is 0.416 e. The quantitative estimate of drug-likeness (QED) is 0.389. The van der Waals surface area contributed by atoms with E-state index in [9.17, 15) is 27.2 Å². The van der Waals surface area contributed by atoms with E-state index in [0.717, 1.165) is 35.4 Å². The fraction of sp³-hybridized carbons (Fsp3) is 0.200. The van der Waals surface area contributed by atoms with Crippen molar-refractivity contribution >= 4 is 35.0 Å². The first-order valence-corrected chi connectivity index (χ1v) is 8.95. The third-order valence-electron chi connectivity index (χ3n) is 4.57. The van der Waals surface area contributed by atoms with Crippen molar-refractivity contribution in [1.82, 2.24) is 4.98 Å². The van der Waals surface area contributed by atoms with Gasteiger partial charge < -0.3 is 21.4 Å². The summed E-state index contributed by atoms with van der Waals surface area (Å²) in [6.45, 7) is 0.949. The summed E-state index contributed by atoms with van der Waals surface area (Å²) in [5, 5.41) is 9.95. The first-order valence-electron chi connectivity index (χ1n) is 8.95. The molecule has 2 amide bonds. The third kappa shape index (κ3) is 4.55. The minimum Gasteiger partial charge on any atom is -0.401 e. The van der Waals surface area contributed by atoms with Crippen molar-refractivity contribution in [3.8, 4) is 0 Å². The SMILES string of the molecule is Cc1cc2c(c(F)n1)C(C=N)=C(N)CC(=O)N2CC(=O)Nc1ccc(C(F)(F)F)cc1. The number of nitrogens with one attached hydrogen (secondary N) is 2. The van der Waals surface area contributed by atoms with Crippen LogP contribution in [0, 0.1) is 18.3 Å². The van der Waals surface area contributed by atoms with E-state index in [-0.39, 0.29) is 40.3 Å². The van der Waals surface area contributed by atoms with E-state index < -0.39 is 36.0 Å². The van der Waals surface area contributed by atoms with Gasteiger partial charge in [0.25, 0.3) is 0 Å². The molecule has 0 aliphatic carbocycles. The van der Waals surface area contributed by atoms with E-state index in [4.69, 9.17) is 11.1 Å². The molecule has 1 aromatic carbocycles. The highest BCUT2D eigenvalue weighted by Crippen LogP contribution is 2.34. The zero-order valence-corrected chi connectivity index (χ0v) is 16.2. The average Bonchev–Trinajstić information content (AvgIpc) is 2.76. The number of rotatable bonds is 4. The molecule has 0 saturated heterocycles. The Hall–Kier alpha value is -3.76. The molecule has 4 N–H and O–H groups in total. The van der Waals surface area contributed by atoms with Gasteiger partial charge in [0, 0.05) is 28.9 Å². The zero-order valence-electron chi connectivity index (χ0n) is 16.2. The Kier molecular flexibility index (Phi) is 5.78. The van der Waals surface area contributed by atoms with Gasteiger partial charge in [-0.05, 0) is 37.3 Å². The summed E-state index contributed by atoms with van der Waals surface area (Å²) in [6, 6.07) is 5.18. The topological polar surface area (TPSA) is 112 Å². The fourth-order valence-electron chi connectivity index (χ4n) is 3.15. The van der Waals surface area contributed by atoms with E-state index in [1.54, 1.807) is 0 Å². The van der Waals surface area contributed by atoms with Crippen molar-refractivity contribution in [2.45, 2.75) is 19.5 Å². The number of amides is 2. The molecule has 0 bridgehead atoms. The number of hydrogen-bond acceptors (Lipinski definition) is 5. The molecule has 0 atom stereocenters. The van der Waals surface area contributed by atoms with Crippen molar-refractivity contribution in [2.24, 2.45) is 5.73 Å². The van der Waals surface area contributed by atoms with Crippen LogP contribution >= 0.6 is 0 Å². The highest BCUT2D eigenvalue weighted by molar-refractivity contribution is 6.17. The summed E-state index contributed by atoms with van der Waals surface area (Å²) in [5.74, 6) is -2.27. The van der Waals surface area contributed by atoms with Gasteiger partial charge >= 0.3 is 6.18 Å². The molecule has 0 unspecified atom stereocenters. The Balaban J connectivity index is 1.90. The van der Waals surface area contributed by atoms with Gasteiger partial charge in [0.2, 0.25) is 17.8 Å². The van der Waals surface area contributed by atoms with Crippen molar-refractivity contribution < 1.29 is 27.2 Å². The smallest absolute Gasteiger partial charge is 0.401 e. The highest BCUT2D eigenvalue weighted by Gasteiger charge is 2.31. The summed E-state index contributed by atoms with van der Waals surface area (Å²) >= 11 is 0. The lowest BCUT2D eigenvalue weighted by Gasteiger charge is -2.23. The van der Waals surface area contributed by atoms with Crippen LogP contribution < -0.4 is 16.0 Å². The van der Waals surface area contributed by atoms with Gasteiger partial charge in [-0.1, -0.05) is 0 Å². The Labute approximate surface area is 174 Å². The van der Waals surface area contributed by atoms with Crippen LogP contribution in [0.25, 0.3) is 5.57 Å². The average molecular weight is 435 g/mol. The maximum atomic E-state index is 14.6. The van der Waals surface area contributed by atoms with Crippen LogP contribution in [0.3, 0.4) is 0 Å². The van der Waals surface area contributed by atoms with E-state index in [1.165, 1.54) is 13.0 Å². The number of pyridine rings is 1.